The molecular weight excluding hydrogens is 195 g/mol. The zero-order valence-electron chi connectivity index (χ0n) is 3.98. The molecule has 0 aliphatic carbocycles. The Morgan fingerprint density at radius 3 is 2.12 bits per heavy atom. The van der Waals surface area contributed by atoms with Crippen LogP contribution in [0.5, 0.6) is 0 Å². The molecular formula is C2H5ClFeO3S. The Bertz CT molecular complexity index is 151. The van der Waals surface area contributed by atoms with Crippen molar-refractivity contribution in [1.82, 2.24) is 0 Å². The van der Waals surface area contributed by atoms with Crippen molar-refractivity contribution in [3.05, 3.63) is 0 Å². The fraction of sp³-hybridized carbons (Fsp3) is 1.00. The number of alkyl halides is 1. The monoisotopic (exact) mass is 200 g/mol. The quantitative estimate of drug-likeness (QED) is 0.400. The summed E-state index contributed by atoms with van der Waals surface area (Å²) in [7, 11) is -3.86. The topological polar surface area (TPSA) is 54.4 Å². The van der Waals surface area contributed by atoms with Crippen molar-refractivity contribution in [2.75, 3.05) is 0 Å². The Morgan fingerprint density at radius 1 is 1.75 bits per heavy atom. The molecule has 1 N–H and O–H groups in total. The van der Waals surface area contributed by atoms with Crippen LogP contribution in [0.25, 0.3) is 0 Å². The standard InChI is InChI=1S/C2H4Cl.Fe.HO3S/c1-2-3;;1-4(2)3/h2H,1H3;;(H,1,2,3). The van der Waals surface area contributed by atoms with Crippen LogP contribution in [0.4, 0.5) is 0 Å². The molecule has 0 saturated carbocycles. The van der Waals surface area contributed by atoms with E-state index >= 15 is 0 Å². The average Bonchev–Trinajstić information content (AvgIpc) is 1.21. The van der Waals surface area contributed by atoms with E-state index in [-0.39, 0.29) is 13.8 Å². The van der Waals surface area contributed by atoms with Gasteiger partial charge in [-0.3, -0.25) is 0 Å². The first-order chi connectivity index (χ1) is 3.42. The molecule has 0 bridgehead atoms. The van der Waals surface area contributed by atoms with Gasteiger partial charge in [-0.25, -0.2) is 0 Å². The second-order valence-corrected chi connectivity index (χ2v) is 6.39. The van der Waals surface area contributed by atoms with E-state index in [2.05, 4.69) is 0 Å². The summed E-state index contributed by atoms with van der Waals surface area (Å²) in [6.07, 6.45) is 0. The van der Waals surface area contributed by atoms with Crippen LogP contribution in [0.15, 0.2) is 0 Å². The van der Waals surface area contributed by atoms with Crippen LogP contribution in [0.3, 0.4) is 0 Å². The molecule has 6 heteroatoms. The van der Waals surface area contributed by atoms with Crippen molar-refractivity contribution in [2.24, 2.45) is 0 Å². The van der Waals surface area contributed by atoms with Crippen molar-refractivity contribution in [1.29, 1.82) is 0 Å². The summed E-state index contributed by atoms with van der Waals surface area (Å²) in [4.78, 5) is 0. The Hall–Kier alpha value is 0.719. The third-order valence-electron chi connectivity index (χ3n) is 0.220. The Balaban J connectivity index is 3.75. The van der Waals surface area contributed by atoms with Gasteiger partial charge in [0, 0.05) is 0 Å². The first-order valence-corrected chi connectivity index (χ1v) is 5.41. The maximum absolute atomic E-state index is 9.91. The first kappa shape index (κ1) is 8.72. The second-order valence-electron chi connectivity index (χ2n) is 0.982. The molecule has 52 valence electrons. The minimum atomic E-state index is -3.86. The Kier molecular flexibility index (Phi) is 3.31. The van der Waals surface area contributed by atoms with Gasteiger partial charge in [0.2, 0.25) is 0 Å². The summed E-state index contributed by atoms with van der Waals surface area (Å²) in [5.41, 5.74) is 0. The molecule has 0 aromatic rings. The molecule has 0 rings (SSSR count). The zero-order chi connectivity index (χ0) is 6.78. The van der Waals surface area contributed by atoms with Gasteiger partial charge in [0.25, 0.3) is 0 Å². The van der Waals surface area contributed by atoms with Gasteiger partial charge in [-0.15, -0.1) is 0 Å². The first-order valence-electron chi connectivity index (χ1n) is 1.66. The summed E-state index contributed by atoms with van der Waals surface area (Å²) in [5, 5.41) is 0. The summed E-state index contributed by atoms with van der Waals surface area (Å²) in [6.45, 7) is 1.50. The zero-order valence-corrected chi connectivity index (χ0v) is 6.66. The van der Waals surface area contributed by atoms with Crippen LogP contribution in [-0.4, -0.2) is 17.2 Å². The summed E-state index contributed by atoms with van der Waals surface area (Å²) in [5.74, 6) is 0. The molecule has 0 heterocycles. The fourth-order valence-corrected chi connectivity index (χ4v) is 2.78. The summed E-state index contributed by atoms with van der Waals surface area (Å²) < 4.78 is 27.4. The van der Waals surface area contributed by atoms with Gasteiger partial charge >= 0.3 is 58.1 Å². The van der Waals surface area contributed by atoms with E-state index < -0.39 is 12.8 Å². The van der Waals surface area contributed by atoms with Crippen molar-refractivity contribution < 1.29 is 26.8 Å². The van der Waals surface area contributed by atoms with Crippen LogP contribution < -0.4 is 0 Å². The van der Waals surface area contributed by atoms with E-state index in [4.69, 9.17) is 16.2 Å². The third kappa shape index (κ3) is 6.72. The number of hydrogen-bond acceptors (Lipinski definition) is 2. The summed E-state index contributed by atoms with van der Waals surface area (Å²) in [6, 6.07) is 0. The van der Waals surface area contributed by atoms with Gasteiger partial charge in [0.15, 0.2) is 0 Å². The second kappa shape index (κ2) is 3.03. The van der Waals surface area contributed by atoms with Crippen molar-refractivity contribution in [3.63, 3.8) is 0 Å². The molecule has 0 spiro atoms. The van der Waals surface area contributed by atoms with Crippen molar-refractivity contribution in [3.8, 4) is 0 Å². The van der Waals surface area contributed by atoms with Crippen molar-refractivity contribution >= 4 is 20.1 Å². The van der Waals surface area contributed by atoms with E-state index in [1.165, 1.54) is 6.92 Å². The molecule has 1 unspecified atom stereocenters. The SMILES string of the molecule is C[CH](Cl)[Fe][S](=O)(=O)O. The normalized spacial score (nSPS) is 16.4. The van der Waals surface area contributed by atoms with Gasteiger partial charge in [-0.05, 0) is 0 Å². The van der Waals surface area contributed by atoms with Gasteiger partial charge in [0.1, 0.15) is 0 Å². The molecule has 0 saturated heterocycles. The van der Waals surface area contributed by atoms with Crippen LogP contribution >= 0.6 is 11.6 Å². The van der Waals surface area contributed by atoms with Crippen LogP contribution in [-0.2, 0) is 22.4 Å². The third-order valence-corrected chi connectivity index (χ3v) is 3.50. The number of halogens is 1. The molecule has 0 fully saturated rings. The fourth-order valence-electron chi connectivity index (χ4n) is 0.145. The van der Waals surface area contributed by atoms with E-state index in [1.54, 1.807) is 0 Å². The van der Waals surface area contributed by atoms with Crippen LogP contribution in [0.2, 0.25) is 0 Å². The van der Waals surface area contributed by atoms with Gasteiger partial charge in [0.05, 0.1) is 0 Å². The molecule has 0 aromatic carbocycles. The van der Waals surface area contributed by atoms with E-state index in [0.717, 1.165) is 0 Å². The van der Waals surface area contributed by atoms with E-state index in [0.29, 0.717) is 0 Å². The Morgan fingerprint density at radius 2 is 2.12 bits per heavy atom. The molecule has 0 radical (unpaired) electrons. The Labute approximate surface area is 58.4 Å². The van der Waals surface area contributed by atoms with E-state index in [1.807, 2.05) is 0 Å². The van der Waals surface area contributed by atoms with Gasteiger partial charge in [-0.1, -0.05) is 0 Å². The molecule has 3 nitrogen and oxygen atoms in total. The van der Waals surface area contributed by atoms with E-state index in [9.17, 15) is 8.42 Å². The molecule has 0 aliphatic heterocycles. The predicted molar refractivity (Wildman–Crippen MR) is 26.9 cm³/mol. The number of hydrogen-bond donors (Lipinski definition) is 1. The molecule has 0 amide bonds. The molecule has 8 heavy (non-hydrogen) atoms. The minimum absolute atomic E-state index is 0.380. The molecule has 1 atom stereocenters. The molecule has 0 aromatic heterocycles. The average molecular weight is 200 g/mol. The van der Waals surface area contributed by atoms with Crippen molar-refractivity contribution in [2.45, 2.75) is 11.2 Å². The predicted octanol–water partition coefficient (Wildman–Crippen LogP) is 0.457. The van der Waals surface area contributed by atoms with Gasteiger partial charge in [-0.2, -0.15) is 0 Å². The number of rotatable bonds is 2. The maximum atomic E-state index is 9.91. The van der Waals surface area contributed by atoms with Crippen LogP contribution in [0.1, 0.15) is 6.92 Å². The van der Waals surface area contributed by atoms with Crippen LogP contribution in [0, 0.1) is 0 Å². The summed E-state index contributed by atoms with van der Waals surface area (Å²) >= 11 is 4.84. The molecule has 0 aliphatic rings. The van der Waals surface area contributed by atoms with Gasteiger partial charge < -0.3 is 0 Å².